The number of ketones is 1. The summed E-state index contributed by atoms with van der Waals surface area (Å²) in [4.78, 5) is 42.1. The number of amides is 2. The molecular formula is C28H20FNO6S. The zero-order chi connectivity index (χ0) is 26.3. The van der Waals surface area contributed by atoms with Gasteiger partial charge in [0.1, 0.15) is 10.8 Å². The van der Waals surface area contributed by atoms with Crippen LogP contribution in [0.4, 0.5) is 9.39 Å². The highest BCUT2D eigenvalue weighted by Gasteiger charge is 2.39. The zero-order valence-electron chi connectivity index (χ0n) is 20.0. The van der Waals surface area contributed by atoms with Crippen molar-refractivity contribution in [1.82, 2.24) is 0 Å². The lowest BCUT2D eigenvalue weighted by Crippen LogP contribution is -2.29. The van der Waals surface area contributed by atoms with Gasteiger partial charge in [0.2, 0.25) is 5.75 Å². The zero-order valence-corrected chi connectivity index (χ0v) is 20.9. The molecule has 0 fully saturated rings. The molecule has 2 heterocycles. The lowest BCUT2D eigenvalue weighted by Gasteiger charge is -2.16. The highest BCUT2D eigenvalue weighted by Crippen LogP contribution is 2.44. The molecule has 0 aliphatic carbocycles. The van der Waals surface area contributed by atoms with Gasteiger partial charge in [-0.1, -0.05) is 24.3 Å². The van der Waals surface area contributed by atoms with Crippen LogP contribution in [-0.2, 0) is 0 Å². The van der Waals surface area contributed by atoms with E-state index in [9.17, 15) is 18.8 Å². The van der Waals surface area contributed by atoms with Crippen LogP contribution in [0.3, 0.4) is 0 Å². The van der Waals surface area contributed by atoms with E-state index in [0.29, 0.717) is 16.2 Å². The molecule has 3 aromatic carbocycles. The Bertz CT molecular complexity index is 1500. The number of benzene rings is 3. The van der Waals surface area contributed by atoms with Gasteiger partial charge in [0.25, 0.3) is 11.8 Å². The summed E-state index contributed by atoms with van der Waals surface area (Å²) in [5.41, 5.74) is 1.49. The smallest absolute Gasteiger partial charge is 0.266 e. The predicted molar refractivity (Wildman–Crippen MR) is 137 cm³/mol. The molecule has 0 atom stereocenters. The maximum absolute atomic E-state index is 13.9. The Balaban J connectivity index is 1.68. The maximum atomic E-state index is 13.9. The number of thiophene rings is 1. The van der Waals surface area contributed by atoms with Crippen LogP contribution >= 0.6 is 11.3 Å². The predicted octanol–water partition coefficient (Wildman–Crippen LogP) is 5.61. The van der Waals surface area contributed by atoms with E-state index in [-0.39, 0.29) is 38.8 Å². The molecule has 0 bridgehead atoms. The standard InChI is InChI=1S/C28H20FNO6S/c1-34-21-12-16(13-22(35-2)25(21)36-3)24(31)20-14-23(15-8-10-17(29)11-9-15)37-28(20)30-26(32)18-6-4-5-7-19(18)27(30)33/h4-14H,1-3H3. The number of anilines is 1. The lowest BCUT2D eigenvalue weighted by atomic mass is 10.0. The molecule has 9 heteroatoms. The number of fused-ring (bicyclic) bond motifs is 1. The van der Waals surface area contributed by atoms with Gasteiger partial charge in [-0.25, -0.2) is 9.29 Å². The Hall–Kier alpha value is -4.50. The number of ether oxygens (including phenoxy) is 3. The molecule has 0 saturated heterocycles. The van der Waals surface area contributed by atoms with Crippen molar-refractivity contribution in [2.24, 2.45) is 0 Å². The van der Waals surface area contributed by atoms with Crippen LogP contribution in [0.2, 0.25) is 0 Å². The highest BCUT2D eigenvalue weighted by molar-refractivity contribution is 7.20. The third-order valence-electron chi connectivity index (χ3n) is 6.01. The van der Waals surface area contributed by atoms with E-state index < -0.39 is 23.4 Å². The molecule has 1 aliphatic rings. The minimum absolute atomic E-state index is 0.133. The van der Waals surface area contributed by atoms with Crippen LogP contribution in [0.1, 0.15) is 36.6 Å². The summed E-state index contributed by atoms with van der Waals surface area (Å²) in [5.74, 6) is -1.04. The Morgan fingerprint density at radius 2 is 1.38 bits per heavy atom. The van der Waals surface area contributed by atoms with E-state index in [4.69, 9.17) is 14.2 Å². The molecule has 0 unspecified atom stereocenters. The van der Waals surface area contributed by atoms with Crippen molar-refractivity contribution < 1.29 is 33.0 Å². The van der Waals surface area contributed by atoms with Crippen LogP contribution in [0.25, 0.3) is 10.4 Å². The Morgan fingerprint density at radius 3 is 1.89 bits per heavy atom. The molecule has 4 aromatic rings. The van der Waals surface area contributed by atoms with Crippen molar-refractivity contribution >= 4 is 33.9 Å². The van der Waals surface area contributed by atoms with Crippen LogP contribution in [0.5, 0.6) is 17.2 Å². The van der Waals surface area contributed by atoms with Gasteiger partial charge in [-0.3, -0.25) is 14.4 Å². The van der Waals surface area contributed by atoms with E-state index >= 15 is 0 Å². The summed E-state index contributed by atoms with van der Waals surface area (Å²) >= 11 is 1.10. The number of hydrogen-bond donors (Lipinski definition) is 0. The number of methoxy groups -OCH3 is 3. The van der Waals surface area contributed by atoms with Crippen molar-refractivity contribution in [2.45, 2.75) is 0 Å². The molecule has 0 radical (unpaired) electrons. The van der Waals surface area contributed by atoms with Gasteiger partial charge >= 0.3 is 0 Å². The summed E-state index contributed by atoms with van der Waals surface area (Å²) < 4.78 is 29.7. The number of nitrogens with zero attached hydrogens (tertiary/aromatic N) is 1. The molecule has 0 spiro atoms. The number of carbonyl (C=O) groups excluding carboxylic acids is 3. The van der Waals surface area contributed by atoms with Gasteiger partial charge in [-0.15, -0.1) is 11.3 Å². The van der Waals surface area contributed by atoms with Gasteiger partial charge in [0.15, 0.2) is 17.3 Å². The van der Waals surface area contributed by atoms with E-state index in [0.717, 1.165) is 16.2 Å². The first-order valence-corrected chi connectivity index (χ1v) is 11.9. The molecule has 37 heavy (non-hydrogen) atoms. The summed E-state index contributed by atoms with van der Waals surface area (Å²) in [6.45, 7) is 0. The molecule has 186 valence electrons. The van der Waals surface area contributed by atoms with Crippen LogP contribution < -0.4 is 19.1 Å². The van der Waals surface area contributed by atoms with Gasteiger partial charge < -0.3 is 14.2 Å². The minimum atomic E-state index is -0.521. The molecular weight excluding hydrogens is 497 g/mol. The third kappa shape index (κ3) is 4.03. The number of imide groups is 1. The number of hydrogen-bond acceptors (Lipinski definition) is 7. The van der Waals surface area contributed by atoms with Crippen LogP contribution in [0, 0.1) is 5.82 Å². The van der Waals surface area contributed by atoms with Crippen molar-refractivity contribution in [3.8, 4) is 27.7 Å². The maximum Gasteiger partial charge on any atom is 0.266 e. The molecule has 5 rings (SSSR count). The number of carbonyl (C=O) groups is 3. The average Bonchev–Trinajstić information content (AvgIpc) is 3.46. The quantitative estimate of drug-likeness (QED) is 0.234. The molecule has 0 N–H and O–H groups in total. The second-order valence-electron chi connectivity index (χ2n) is 8.07. The van der Waals surface area contributed by atoms with Crippen LogP contribution in [-0.4, -0.2) is 38.9 Å². The molecule has 1 aliphatic heterocycles. The minimum Gasteiger partial charge on any atom is -0.493 e. The van der Waals surface area contributed by atoms with Gasteiger partial charge in [0, 0.05) is 10.4 Å². The first kappa shape index (κ1) is 24.2. The second kappa shape index (κ2) is 9.51. The van der Waals surface area contributed by atoms with Crippen LogP contribution in [0.15, 0.2) is 66.7 Å². The Morgan fingerprint density at radius 1 is 0.811 bits per heavy atom. The third-order valence-corrected chi connectivity index (χ3v) is 7.18. The molecule has 7 nitrogen and oxygen atoms in total. The number of rotatable bonds is 7. The van der Waals surface area contributed by atoms with Crippen molar-refractivity contribution in [1.29, 1.82) is 0 Å². The first-order chi connectivity index (χ1) is 17.9. The Labute approximate surface area is 215 Å². The van der Waals surface area contributed by atoms with E-state index in [1.165, 1.54) is 45.6 Å². The highest BCUT2D eigenvalue weighted by atomic mass is 32.1. The fourth-order valence-corrected chi connectivity index (χ4v) is 5.37. The Kier molecular flexibility index (Phi) is 6.22. The average molecular weight is 518 g/mol. The molecule has 1 aromatic heterocycles. The van der Waals surface area contributed by atoms with Gasteiger partial charge in [-0.2, -0.15) is 0 Å². The number of halogens is 1. The van der Waals surface area contributed by atoms with E-state index in [2.05, 4.69) is 0 Å². The monoisotopic (exact) mass is 517 g/mol. The SMILES string of the molecule is COc1cc(C(=O)c2cc(-c3ccc(F)cc3)sc2N2C(=O)c3ccccc3C2=O)cc(OC)c1OC. The van der Waals surface area contributed by atoms with E-state index in [1.807, 2.05) is 0 Å². The summed E-state index contributed by atoms with van der Waals surface area (Å²) in [5, 5.41) is 0.171. The fourth-order valence-electron chi connectivity index (χ4n) is 4.21. The van der Waals surface area contributed by atoms with Gasteiger partial charge in [0.05, 0.1) is 38.0 Å². The summed E-state index contributed by atoms with van der Waals surface area (Å²) in [7, 11) is 4.33. The lowest BCUT2D eigenvalue weighted by molar-refractivity contribution is 0.0927. The fraction of sp³-hybridized carbons (Fsp3) is 0.107. The molecule has 0 saturated carbocycles. The second-order valence-corrected chi connectivity index (χ2v) is 9.10. The largest absolute Gasteiger partial charge is 0.493 e. The van der Waals surface area contributed by atoms with Gasteiger partial charge in [-0.05, 0) is 48.0 Å². The topological polar surface area (TPSA) is 82.1 Å². The summed E-state index contributed by atoms with van der Waals surface area (Å²) in [6, 6.07) is 16.9. The first-order valence-electron chi connectivity index (χ1n) is 11.1. The van der Waals surface area contributed by atoms with Crippen molar-refractivity contribution in [3.05, 3.63) is 94.8 Å². The van der Waals surface area contributed by atoms with Crippen molar-refractivity contribution in [2.75, 3.05) is 26.2 Å². The van der Waals surface area contributed by atoms with Crippen molar-refractivity contribution in [3.63, 3.8) is 0 Å². The summed E-state index contributed by atoms with van der Waals surface area (Å²) in [6.07, 6.45) is 0. The molecule has 2 amide bonds. The van der Waals surface area contributed by atoms with E-state index in [1.54, 1.807) is 42.5 Å². The normalized spacial score (nSPS) is 12.5.